The monoisotopic (exact) mass is 434 g/mol. The average molecular weight is 434 g/mol. The molecule has 2 aromatic rings. The number of hydrogen-bond donors (Lipinski definition) is 2. The van der Waals surface area contributed by atoms with Gasteiger partial charge in [-0.05, 0) is 30.5 Å². The van der Waals surface area contributed by atoms with Crippen molar-refractivity contribution in [3.8, 4) is 5.75 Å². The largest absolute Gasteiger partial charge is 0.490 e. The molecule has 0 radical (unpaired) electrons. The highest BCUT2D eigenvalue weighted by molar-refractivity contribution is 5.96. The quantitative estimate of drug-likeness (QED) is 0.496. The van der Waals surface area contributed by atoms with Crippen LogP contribution in [-0.4, -0.2) is 34.4 Å². The number of anilines is 1. The second kappa shape index (κ2) is 12.6. The van der Waals surface area contributed by atoms with E-state index in [1.165, 1.54) is 12.4 Å². The molecule has 0 fully saturated rings. The van der Waals surface area contributed by atoms with Gasteiger partial charge in [-0.15, -0.1) is 0 Å². The van der Waals surface area contributed by atoms with Gasteiger partial charge in [-0.2, -0.15) is 0 Å². The molecular formula is C22H28F2N4O3. The van der Waals surface area contributed by atoms with Crippen molar-refractivity contribution in [2.45, 2.75) is 58.4 Å². The van der Waals surface area contributed by atoms with Crippen molar-refractivity contribution in [3.05, 3.63) is 47.8 Å². The van der Waals surface area contributed by atoms with E-state index < -0.39 is 29.5 Å². The van der Waals surface area contributed by atoms with Gasteiger partial charge in [0.05, 0.1) is 25.4 Å². The number of rotatable bonds is 12. The van der Waals surface area contributed by atoms with Crippen molar-refractivity contribution in [1.82, 2.24) is 15.3 Å². The van der Waals surface area contributed by atoms with Gasteiger partial charge in [-0.3, -0.25) is 14.9 Å². The summed E-state index contributed by atoms with van der Waals surface area (Å²) in [6.07, 6.45) is 6.83. The SMILES string of the molecule is CCCCCOc1cnc(NC(=O)C(CCC)NC(=O)Cc2cc(F)cc(F)c2)nc1. The Morgan fingerprint density at radius 3 is 2.32 bits per heavy atom. The van der Waals surface area contributed by atoms with Crippen molar-refractivity contribution in [3.63, 3.8) is 0 Å². The average Bonchev–Trinajstić information content (AvgIpc) is 2.71. The molecule has 0 aliphatic heterocycles. The lowest BCUT2D eigenvalue weighted by Crippen LogP contribution is -2.44. The van der Waals surface area contributed by atoms with Crippen LogP contribution in [0.3, 0.4) is 0 Å². The molecule has 0 aliphatic carbocycles. The molecule has 7 nitrogen and oxygen atoms in total. The number of benzene rings is 1. The molecule has 2 amide bonds. The number of hydrogen-bond acceptors (Lipinski definition) is 5. The third-order valence-corrected chi connectivity index (χ3v) is 4.40. The Kier molecular flexibility index (Phi) is 9.80. The normalized spacial score (nSPS) is 11.6. The van der Waals surface area contributed by atoms with E-state index in [9.17, 15) is 18.4 Å². The Balaban J connectivity index is 1.91. The number of ether oxygens (including phenoxy) is 1. The predicted octanol–water partition coefficient (Wildman–Crippen LogP) is 3.79. The zero-order chi connectivity index (χ0) is 22.6. The summed E-state index contributed by atoms with van der Waals surface area (Å²) in [5, 5.41) is 5.17. The summed E-state index contributed by atoms with van der Waals surface area (Å²) in [5.74, 6) is -1.92. The second-order valence-electron chi connectivity index (χ2n) is 7.15. The van der Waals surface area contributed by atoms with Gasteiger partial charge in [0.25, 0.3) is 0 Å². The smallest absolute Gasteiger partial charge is 0.249 e. The number of nitrogens with zero attached hydrogens (tertiary/aromatic N) is 2. The fraction of sp³-hybridized carbons (Fsp3) is 0.455. The van der Waals surface area contributed by atoms with Gasteiger partial charge in [0.1, 0.15) is 17.7 Å². The summed E-state index contributed by atoms with van der Waals surface area (Å²) < 4.78 is 32.1. The van der Waals surface area contributed by atoms with Gasteiger partial charge < -0.3 is 10.1 Å². The van der Waals surface area contributed by atoms with Crippen LogP contribution >= 0.6 is 0 Å². The van der Waals surface area contributed by atoms with Gasteiger partial charge in [0.2, 0.25) is 17.8 Å². The number of halogens is 2. The zero-order valence-corrected chi connectivity index (χ0v) is 17.8. The van der Waals surface area contributed by atoms with Crippen LogP contribution in [0.15, 0.2) is 30.6 Å². The van der Waals surface area contributed by atoms with Crippen LogP contribution in [0.4, 0.5) is 14.7 Å². The minimum atomic E-state index is -0.829. The molecule has 0 spiro atoms. The molecule has 1 aromatic heterocycles. The van der Waals surface area contributed by atoms with Crippen LogP contribution in [0.2, 0.25) is 0 Å². The topological polar surface area (TPSA) is 93.2 Å². The van der Waals surface area contributed by atoms with Crippen LogP contribution in [0.5, 0.6) is 5.75 Å². The van der Waals surface area contributed by atoms with Crippen LogP contribution in [-0.2, 0) is 16.0 Å². The Bertz CT molecular complexity index is 842. The second-order valence-corrected chi connectivity index (χ2v) is 7.15. The molecule has 9 heteroatoms. The molecule has 31 heavy (non-hydrogen) atoms. The summed E-state index contributed by atoms with van der Waals surface area (Å²) >= 11 is 0. The maximum Gasteiger partial charge on any atom is 0.249 e. The van der Waals surface area contributed by atoms with E-state index in [-0.39, 0.29) is 17.9 Å². The first-order chi connectivity index (χ1) is 14.9. The van der Waals surface area contributed by atoms with Crippen LogP contribution in [0.25, 0.3) is 0 Å². The number of nitrogens with one attached hydrogen (secondary N) is 2. The molecule has 0 bridgehead atoms. The fourth-order valence-corrected chi connectivity index (χ4v) is 2.90. The fourth-order valence-electron chi connectivity index (χ4n) is 2.90. The lowest BCUT2D eigenvalue weighted by atomic mass is 10.1. The Labute approximate surface area is 180 Å². The van der Waals surface area contributed by atoms with E-state index in [2.05, 4.69) is 27.5 Å². The molecule has 0 saturated heterocycles. The summed E-state index contributed by atoms with van der Waals surface area (Å²) in [6, 6.07) is 2.06. The summed E-state index contributed by atoms with van der Waals surface area (Å²) in [4.78, 5) is 33.0. The molecule has 2 rings (SSSR count). The van der Waals surface area contributed by atoms with E-state index in [1.807, 2.05) is 6.92 Å². The van der Waals surface area contributed by atoms with Crippen molar-refractivity contribution in [1.29, 1.82) is 0 Å². The van der Waals surface area contributed by atoms with E-state index in [4.69, 9.17) is 4.74 Å². The van der Waals surface area contributed by atoms with Gasteiger partial charge in [0.15, 0.2) is 5.75 Å². The molecule has 1 unspecified atom stereocenters. The minimum Gasteiger partial charge on any atom is -0.490 e. The van der Waals surface area contributed by atoms with E-state index in [0.717, 1.165) is 37.5 Å². The van der Waals surface area contributed by atoms with Gasteiger partial charge in [-0.1, -0.05) is 33.1 Å². The Morgan fingerprint density at radius 1 is 1.03 bits per heavy atom. The van der Waals surface area contributed by atoms with Crippen molar-refractivity contribution < 1.29 is 23.1 Å². The highest BCUT2D eigenvalue weighted by Crippen LogP contribution is 2.11. The van der Waals surface area contributed by atoms with Crippen molar-refractivity contribution in [2.75, 3.05) is 11.9 Å². The van der Waals surface area contributed by atoms with E-state index in [0.29, 0.717) is 25.2 Å². The number of carbonyl (C=O) groups excluding carboxylic acids is 2. The molecule has 0 saturated carbocycles. The van der Waals surface area contributed by atoms with Gasteiger partial charge in [0, 0.05) is 6.07 Å². The number of amides is 2. The third-order valence-electron chi connectivity index (χ3n) is 4.40. The molecule has 1 heterocycles. The Hall–Kier alpha value is -3.10. The molecule has 2 N–H and O–H groups in total. The first kappa shape index (κ1) is 24.2. The minimum absolute atomic E-state index is 0.0912. The molecule has 1 aromatic carbocycles. The molecule has 168 valence electrons. The van der Waals surface area contributed by atoms with Crippen LogP contribution in [0.1, 0.15) is 51.5 Å². The summed E-state index contributed by atoms with van der Waals surface area (Å²) in [5.41, 5.74) is 0.184. The Morgan fingerprint density at radius 2 is 1.71 bits per heavy atom. The number of carbonyl (C=O) groups is 2. The predicted molar refractivity (Wildman–Crippen MR) is 113 cm³/mol. The maximum atomic E-state index is 13.3. The maximum absolute atomic E-state index is 13.3. The van der Waals surface area contributed by atoms with E-state index in [1.54, 1.807) is 0 Å². The lowest BCUT2D eigenvalue weighted by molar-refractivity contribution is -0.126. The summed E-state index contributed by atoms with van der Waals surface area (Å²) in [7, 11) is 0. The lowest BCUT2D eigenvalue weighted by Gasteiger charge is -2.17. The molecular weight excluding hydrogens is 406 g/mol. The highest BCUT2D eigenvalue weighted by atomic mass is 19.1. The first-order valence-corrected chi connectivity index (χ1v) is 10.4. The number of aromatic nitrogens is 2. The standard InChI is InChI=1S/C22H28F2N4O3/c1-3-5-6-8-31-18-13-25-22(26-14-18)28-21(30)19(7-4-2)27-20(29)11-15-9-16(23)12-17(24)10-15/h9-10,12-14,19H,3-8,11H2,1-2H3,(H,27,29)(H,25,26,28,30). The van der Waals surface area contributed by atoms with Crippen LogP contribution in [0, 0.1) is 11.6 Å². The molecule has 0 aliphatic rings. The highest BCUT2D eigenvalue weighted by Gasteiger charge is 2.21. The van der Waals surface area contributed by atoms with E-state index >= 15 is 0 Å². The number of unbranched alkanes of at least 4 members (excludes halogenated alkanes) is 2. The third kappa shape index (κ3) is 8.65. The first-order valence-electron chi connectivity index (χ1n) is 10.4. The van der Waals surface area contributed by atoms with Gasteiger partial charge >= 0.3 is 0 Å². The zero-order valence-electron chi connectivity index (χ0n) is 17.8. The van der Waals surface area contributed by atoms with Crippen molar-refractivity contribution in [2.24, 2.45) is 0 Å². The molecule has 1 atom stereocenters. The summed E-state index contributed by atoms with van der Waals surface area (Å²) in [6.45, 7) is 4.55. The van der Waals surface area contributed by atoms with Gasteiger partial charge in [-0.25, -0.2) is 18.7 Å². The van der Waals surface area contributed by atoms with Crippen LogP contribution < -0.4 is 15.4 Å². The van der Waals surface area contributed by atoms with Crippen molar-refractivity contribution >= 4 is 17.8 Å².